The minimum atomic E-state index is -0.281. The summed E-state index contributed by atoms with van der Waals surface area (Å²) in [7, 11) is 0. The van der Waals surface area contributed by atoms with Crippen molar-refractivity contribution in [3.63, 3.8) is 0 Å². The van der Waals surface area contributed by atoms with E-state index in [1.165, 1.54) is 5.56 Å². The Bertz CT molecular complexity index is 871. The van der Waals surface area contributed by atoms with Crippen LogP contribution in [-0.2, 0) is 17.7 Å². The first kappa shape index (κ1) is 18.5. The first-order valence-corrected chi connectivity index (χ1v) is 9.90. The molecule has 1 saturated heterocycles. The van der Waals surface area contributed by atoms with E-state index in [4.69, 9.17) is 13.9 Å². The van der Waals surface area contributed by atoms with Crippen LogP contribution in [0.2, 0.25) is 0 Å². The van der Waals surface area contributed by atoms with Crippen molar-refractivity contribution in [3.8, 4) is 5.75 Å². The van der Waals surface area contributed by atoms with Crippen LogP contribution in [-0.4, -0.2) is 55.9 Å². The molecule has 2 aliphatic rings. The molecule has 3 heterocycles. The van der Waals surface area contributed by atoms with Crippen molar-refractivity contribution >= 4 is 11.0 Å². The smallest absolute Gasteiger partial charge is 0.336 e. The quantitative estimate of drug-likeness (QED) is 0.752. The van der Waals surface area contributed by atoms with Crippen LogP contribution in [0, 0.1) is 6.92 Å². The van der Waals surface area contributed by atoms with Gasteiger partial charge in [-0.2, -0.15) is 0 Å². The molecule has 0 N–H and O–H groups in total. The highest BCUT2D eigenvalue weighted by molar-refractivity contribution is 5.86. The first-order valence-electron chi connectivity index (χ1n) is 9.90. The second-order valence-corrected chi connectivity index (χ2v) is 7.49. The van der Waals surface area contributed by atoms with E-state index in [0.717, 1.165) is 81.0 Å². The Morgan fingerprint density at radius 1 is 1.11 bits per heavy atom. The Labute approximate surface area is 159 Å². The van der Waals surface area contributed by atoms with Gasteiger partial charge in [0.05, 0.1) is 13.2 Å². The van der Waals surface area contributed by atoms with Gasteiger partial charge in [-0.25, -0.2) is 4.79 Å². The van der Waals surface area contributed by atoms with Gasteiger partial charge in [0.2, 0.25) is 0 Å². The molecule has 4 rings (SSSR count). The van der Waals surface area contributed by atoms with Crippen molar-refractivity contribution in [2.75, 3.05) is 46.1 Å². The lowest BCUT2D eigenvalue weighted by Crippen LogP contribution is -2.43. The maximum atomic E-state index is 12.0. The summed E-state index contributed by atoms with van der Waals surface area (Å²) < 4.78 is 17.0. The number of fused-ring (bicyclic) bond motifs is 2. The number of hydrogen-bond acceptors (Lipinski definition) is 6. The summed E-state index contributed by atoms with van der Waals surface area (Å²) in [6, 6.07) is 3.80. The third-order valence-corrected chi connectivity index (χ3v) is 5.52. The van der Waals surface area contributed by atoms with Gasteiger partial charge in [-0.3, -0.25) is 9.80 Å². The zero-order valence-electron chi connectivity index (χ0n) is 16.3. The van der Waals surface area contributed by atoms with Crippen molar-refractivity contribution < 1.29 is 13.9 Å². The molecule has 1 aromatic carbocycles. The molecule has 0 aliphatic carbocycles. The minimum absolute atomic E-state index is 0.281. The molecule has 2 aliphatic heterocycles. The minimum Gasteiger partial charge on any atom is -0.477 e. The molecule has 0 unspecified atom stereocenters. The van der Waals surface area contributed by atoms with Gasteiger partial charge in [-0.1, -0.05) is 13.3 Å². The molecule has 0 bridgehead atoms. The lowest BCUT2D eigenvalue weighted by molar-refractivity contribution is 0.0240. The van der Waals surface area contributed by atoms with E-state index < -0.39 is 0 Å². The number of aryl methyl sites for hydroxylation is 2. The topological polar surface area (TPSA) is 55.2 Å². The molecule has 6 heteroatoms. The van der Waals surface area contributed by atoms with Gasteiger partial charge < -0.3 is 13.9 Å². The van der Waals surface area contributed by atoms with E-state index in [2.05, 4.69) is 22.8 Å². The maximum Gasteiger partial charge on any atom is 0.336 e. The summed E-state index contributed by atoms with van der Waals surface area (Å²) in [5, 5.41) is 1.05. The van der Waals surface area contributed by atoms with Crippen molar-refractivity contribution in [1.82, 2.24) is 9.80 Å². The Hall–Kier alpha value is -1.89. The van der Waals surface area contributed by atoms with Crippen LogP contribution < -0.4 is 10.4 Å². The third-order valence-electron chi connectivity index (χ3n) is 5.52. The number of nitrogens with zero attached hydrogens (tertiary/aromatic N) is 2. The fourth-order valence-corrected chi connectivity index (χ4v) is 4.06. The van der Waals surface area contributed by atoms with Gasteiger partial charge >= 0.3 is 5.63 Å². The molecule has 6 nitrogen and oxygen atoms in total. The highest BCUT2D eigenvalue weighted by atomic mass is 16.5. The highest BCUT2D eigenvalue weighted by Crippen LogP contribution is 2.35. The van der Waals surface area contributed by atoms with E-state index in [-0.39, 0.29) is 5.63 Å². The van der Waals surface area contributed by atoms with Crippen LogP contribution in [0.5, 0.6) is 5.75 Å². The monoisotopic (exact) mass is 372 g/mol. The van der Waals surface area contributed by atoms with Crippen LogP contribution in [0.15, 0.2) is 21.3 Å². The van der Waals surface area contributed by atoms with Gasteiger partial charge in [0.25, 0.3) is 0 Å². The van der Waals surface area contributed by atoms with Crippen LogP contribution in [0.25, 0.3) is 11.0 Å². The van der Waals surface area contributed by atoms with Gasteiger partial charge in [-0.05, 0) is 25.0 Å². The van der Waals surface area contributed by atoms with Crippen LogP contribution in [0.3, 0.4) is 0 Å². The average molecular weight is 372 g/mol. The van der Waals surface area contributed by atoms with Gasteiger partial charge in [0.15, 0.2) is 0 Å². The maximum absolute atomic E-state index is 12.0. The largest absolute Gasteiger partial charge is 0.477 e. The highest BCUT2D eigenvalue weighted by Gasteiger charge is 2.23. The summed E-state index contributed by atoms with van der Waals surface area (Å²) in [6.07, 6.45) is 1.87. The molecule has 1 aromatic heterocycles. The summed E-state index contributed by atoms with van der Waals surface area (Å²) in [6.45, 7) is 11.2. The van der Waals surface area contributed by atoms with Crippen molar-refractivity contribution in [2.45, 2.75) is 33.2 Å². The summed E-state index contributed by atoms with van der Waals surface area (Å²) in [5.74, 6) is 0.877. The molecule has 1 fully saturated rings. The lowest BCUT2D eigenvalue weighted by Gasteiger charge is -2.33. The van der Waals surface area contributed by atoms with Gasteiger partial charge in [0.1, 0.15) is 18.1 Å². The molecule has 0 atom stereocenters. The lowest BCUT2D eigenvalue weighted by atomic mass is 9.98. The predicted molar refractivity (Wildman–Crippen MR) is 104 cm³/mol. The SMILES string of the molecule is CCCc1cc(=O)oc2c(C)c3c(cc12)CN(CCN1CCOCC1)CO3. The second-order valence-electron chi connectivity index (χ2n) is 7.49. The normalized spacial score (nSPS) is 18.4. The fraction of sp³-hybridized carbons (Fsp3) is 0.571. The zero-order valence-corrected chi connectivity index (χ0v) is 16.3. The average Bonchev–Trinajstić information content (AvgIpc) is 2.68. The fourth-order valence-electron chi connectivity index (χ4n) is 4.06. The van der Waals surface area contributed by atoms with E-state index in [1.807, 2.05) is 6.92 Å². The summed E-state index contributed by atoms with van der Waals surface area (Å²) in [4.78, 5) is 16.7. The first-order chi connectivity index (χ1) is 13.2. The van der Waals surface area contributed by atoms with Crippen molar-refractivity contribution in [1.29, 1.82) is 0 Å². The Kier molecular flexibility index (Phi) is 5.48. The third kappa shape index (κ3) is 3.88. The van der Waals surface area contributed by atoms with Crippen LogP contribution in [0.4, 0.5) is 0 Å². The van der Waals surface area contributed by atoms with Crippen molar-refractivity contribution in [2.24, 2.45) is 0 Å². The Morgan fingerprint density at radius 3 is 2.67 bits per heavy atom. The van der Waals surface area contributed by atoms with Gasteiger partial charge in [-0.15, -0.1) is 0 Å². The zero-order chi connectivity index (χ0) is 18.8. The molecule has 0 saturated carbocycles. The van der Waals surface area contributed by atoms with Gasteiger partial charge in [0, 0.05) is 55.3 Å². The molecular weight excluding hydrogens is 344 g/mol. The molecule has 2 aromatic rings. The molecule has 0 radical (unpaired) electrons. The molecule has 0 spiro atoms. The van der Waals surface area contributed by atoms with E-state index in [9.17, 15) is 4.79 Å². The molecule has 27 heavy (non-hydrogen) atoms. The van der Waals surface area contributed by atoms with Crippen LogP contribution in [0.1, 0.15) is 30.0 Å². The standard InChI is InChI=1S/C21H28N2O4/c1-3-4-16-12-19(24)27-21-15(2)20-17(11-18(16)21)13-23(14-26-20)6-5-22-7-9-25-10-8-22/h11-12H,3-10,13-14H2,1-2H3. The van der Waals surface area contributed by atoms with Crippen molar-refractivity contribution in [3.05, 3.63) is 39.2 Å². The van der Waals surface area contributed by atoms with E-state index in [0.29, 0.717) is 12.3 Å². The Balaban J connectivity index is 1.57. The Morgan fingerprint density at radius 2 is 1.89 bits per heavy atom. The summed E-state index contributed by atoms with van der Waals surface area (Å²) >= 11 is 0. The number of rotatable bonds is 5. The number of morpholine rings is 1. The van der Waals surface area contributed by atoms with E-state index >= 15 is 0 Å². The summed E-state index contributed by atoms with van der Waals surface area (Å²) in [5.41, 5.74) is 3.58. The molecular formula is C21H28N2O4. The predicted octanol–water partition coefficient (Wildman–Crippen LogP) is 2.54. The van der Waals surface area contributed by atoms with E-state index in [1.54, 1.807) is 6.07 Å². The van der Waals surface area contributed by atoms with Crippen LogP contribution >= 0.6 is 0 Å². The number of ether oxygens (including phenoxy) is 2. The molecule has 146 valence electrons. The number of benzene rings is 1. The number of hydrogen-bond donors (Lipinski definition) is 0. The second kappa shape index (κ2) is 8.00. The molecule has 0 amide bonds.